The fourth-order valence-electron chi connectivity index (χ4n) is 1.97. The average Bonchev–Trinajstić information content (AvgIpc) is 2.42. The molecule has 0 aromatic heterocycles. The zero-order valence-corrected chi connectivity index (χ0v) is 10.8. The van der Waals surface area contributed by atoms with Crippen LogP contribution in [0.1, 0.15) is 22.7 Å². The van der Waals surface area contributed by atoms with Gasteiger partial charge in [-0.05, 0) is 18.1 Å². The summed E-state index contributed by atoms with van der Waals surface area (Å²) in [7, 11) is 0. The van der Waals surface area contributed by atoms with Gasteiger partial charge in [-0.2, -0.15) is 0 Å². The molecule has 0 spiro atoms. The molecule has 2 heteroatoms. The summed E-state index contributed by atoms with van der Waals surface area (Å²) in [5.74, 6) is 0. The van der Waals surface area contributed by atoms with Gasteiger partial charge in [0.2, 0.25) is 0 Å². The number of hydrogen-bond donors (Lipinski definition) is 2. The van der Waals surface area contributed by atoms with Crippen molar-refractivity contribution in [1.29, 1.82) is 0 Å². The highest BCUT2D eigenvalue weighted by Gasteiger charge is 2.08. The van der Waals surface area contributed by atoms with Gasteiger partial charge in [0.25, 0.3) is 0 Å². The van der Waals surface area contributed by atoms with Gasteiger partial charge in [0.05, 0.1) is 0 Å². The highest BCUT2D eigenvalue weighted by molar-refractivity contribution is 5.24. The largest absolute Gasteiger partial charge is 0.329 e. The fourth-order valence-corrected chi connectivity index (χ4v) is 1.97. The Balaban J connectivity index is 1.99. The summed E-state index contributed by atoms with van der Waals surface area (Å²) in [6.45, 7) is 3.55. The zero-order valence-electron chi connectivity index (χ0n) is 10.8. The van der Waals surface area contributed by atoms with Crippen LogP contribution >= 0.6 is 0 Å². The SMILES string of the molecule is Cc1ccc(C(CN)NCc2ccccc2)cc1. The van der Waals surface area contributed by atoms with Crippen molar-refractivity contribution in [2.75, 3.05) is 6.54 Å². The molecular formula is C16H20N2. The van der Waals surface area contributed by atoms with Gasteiger partial charge in [0, 0.05) is 19.1 Å². The van der Waals surface area contributed by atoms with Crippen LogP contribution in [0.4, 0.5) is 0 Å². The molecular weight excluding hydrogens is 220 g/mol. The van der Waals surface area contributed by atoms with Crippen LogP contribution in [0.15, 0.2) is 54.6 Å². The minimum absolute atomic E-state index is 0.214. The molecule has 0 bridgehead atoms. The highest BCUT2D eigenvalue weighted by atomic mass is 14.9. The maximum absolute atomic E-state index is 5.84. The minimum Gasteiger partial charge on any atom is -0.329 e. The third kappa shape index (κ3) is 3.42. The quantitative estimate of drug-likeness (QED) is 0.843. The lowest BCUT2D eigenvalue weighted by molar-refractivity contribution is 0.542. The highest BCUT2D eigenvalue weighted by Crippen LogP contribution is 2.13. The first-order valence-electron chi connectivity index (χ1n) is 6.33. The predicted molar refractivity (Wildman–Crippen MR) is 76.3 cm³/mol. The van der Waals surface area contributed by atoms with Crippen LogP contribution in [0.5, 0.6) is 0 Å². The molecule has 0 saturated carbocycles. The number of nitrogens with two attached hydrogens (primary N) is 1. The molecule has 1 unspecified atom stereocenters. The smallest absolute Gasteiger partial charge is 0.0447 e. The molecule has 94 valence electrons. The topological polar surface area (TPSA) is 38.0 Å². The Hall–Kier alpha value is -1.64. The number of nitrogens with one attached hydrogen (secondary N) is 1. The van der Waals surface area contributed by atoms with E-state index in [1.165, 1.54) is 16.7 Å². The van der Waals surface area contributed by atoms with Crippen molar-refractivity contribution >= 4 is 0 Å². The van der Waals surface area contributed by atoms with E-state index in [2.05, 4.69) is 60.8 Å². The van der Waals surface area contributed by atoms with Crippen molar-refractivity contribution in [3.8, 4) is 0 Å². The molecule has 2 aromatic carbocycles. The molecule has 0 heterocycles. The molecule has 0 saturated heterocycles. The van der Waals surface area contributed by atoms with Crippen molar-refractivity contribution < 1.29 is 0 Å². The van der Waals surface area contributed by atoms with Gasteiger partial charge in [-0.1, -0.05) is 60.2 Å². The molecule has 0 fully saturated rings. The summed E-state index contributed by atoms with van der Waals surface area (Å²) in [5, 5.41) is 3.50. The Morgan fingerprint density at radius 3 is 2.28 bits per heavy atom. The monoisotopic (exact) mass is 240 g/mol. The van der Waals surface area contributed by atoms with E-state index in [-0.39, 0.29) is 6.04 Å². The molecule has 0 radical (unpaired) electrons. The summed E-state index contributed by atoms with van der Waals surface area (Å²) in [6.07, 6.45) is 0. The van der Waals surface area contributed by atoms with Crippen molar-refractivity contribution in [3.63, 3.8) is 0 Å². The second kappa shape index (κ2) is 6.34. The molecule has 18 heavy (non-hydrogen) atoms. The summed E-state index contributed by atoms with van der Waals surface area (Å²) in [6, 6.07) is 19.1. The molecule has 2 rings (SSSR count). The van der Waals surface area contributed by atoms with Crippen molar-refractivity contribution in [1.82, 2.24) is 5.32 Å². The summed E-state index contributed by atoms with van der Waals surface area (Å²) < 4.78 is 0. The summed E-state index contributed by atoms with van der Waals surface area (Å²) in [4.78, 5) is 0. The number of benzene rings is 2. The lowest BCUT2D eigenvalue weighted by Gasteiger charge is -2.17. The molecule has 3 N–H and O–H groups in total. The Morgan fingerprint density at radius 2 is 1.67 bits per heavy atom. The van der Waals surface area contributed by atoms with Crippen molar-refractivity contribution in [2.45, 2.75) is 19.5 Å². The second-order valence-corrected chi connectivity index (χ2v) is 4.57. The van der Waals surface area contributed by atoms with Gasteiger partial charge in [-0.25, -0.2) is 0 Å². The van der Waals surface area contributed by atoms with E-state index in [4.69, 9.17) is 5.73 Å². The van der Waals surface area contributed by atoms with Gasteiger partial charge >= 0.3 is 0 Å². The Labute approximate surface area is 109 Å². The summed E-state index contributed by atoms with van der Waals surface area (Å²) in [5.41, 5.74) is 9.65. The third-order valence-corrected chi connectivity index (χ3v) is 3.11. The Morgan fingerprint density at radius 1 is 1.00 bits per heavy atom. The van der Waals surface area contributed by atoms with Gasteiger partial charge in [0.15, 0.2) is 0 Å². The molecule has 0 amide bonds. The Bertz CT molecular complexity index is 462. The first-order chi connectivity index (χ1) is 8.79. The molecule has 1 atom stereocenters. The first kappa shape index (κ1) is 12.8. The number of hydrogen-bond acceptors (Lipinski definition) is 2. The van der Waals surface area contributed by atoms with Gasteiger partial charge < -0.3 is 11.1 Å². The Kier molecular flexibility index (Phi) is 4.51. The van der Waals surface area contributed by atoms with Gasteiger partial charge in [-0.3, -0.25) is 0 Å². The first-order valence-corrected chi connectivity index (χ1v) is 6.33. The predicted octanol–water partition coefficient (Wildman–Crippen LogP) is 2.78. The van der Waals surface area contributed by atoms with E-state index in [1.807, 2.05) is 6.07 Å². The van der Waals surface area contributed by atoms with E-state index in [0.717, 1.165) is 6.54 Å². The third-order valence-electron chi connectivity index (χ3n) is 3.11. The molecule has 0 aliphatic heterocycles. The second-order valence-electron chi connectivity index (χ2n) is 4.57. The molecule has 2 nitrogen and oxygen atoms in total. The lowest BCUT2D eigenvalue weighted by atomic mass is 10.0. The molecule has 0 aliphatic carbocycles. The van der Waals surface area contributed by atoms with E-state index in [1.54, 1.807) is 0 Å². The average molecular weight is 240 g/mol. The molecule has 2 aromatic rings. The van der Waals surface area contributed by atoms with Crippen molar-refractivity contribution in [2.24, 2.45) is 5.73 Å². The van der Waals surface area contributed by atoms with Crippen LogP contribution < -0.4 is 11.1 Å². The van der Waals surface area contributed by atoms with Gasteiger partial charge in [0.1, 0.15) is 0 Å². The van der Waals surface area contributed by atoms with E-state index >= 15 is 0 Å². The van der Waals surface area contributed by atoms with Crippen LogP contribution in [0, 0.1) is 6.92 Å². The minimum atomic E-state index is 0.214. The van der Waals surface area contributed by atoms with Crippen LogP contribution in [-0.2, 0) is 6.54 Å². The normalized spacial score (nSPS) is 12.3. The molecule has 0 aliphatic rings. The van der Waals surface area contributed by atoms with E-state index in [0.29, 0.717) is 6.54 Å². The van der Waals surface area contributed by atoms with Crippen LogP contribution in [0.3, 0.4) is 0 Å². The standard InChI is InChI=1S/C16H20N2/c1-13-7-9-15(10-8-13)16(11-17)18-12-14-5-3-2-4-6-14/h2-10,16,18H,11-12,17H2,1H3. The van der Waals surface area contributed by atoms with Crippen LogP contribution in [0.2, 0.25) is 0 Å². The summed E-state index contributed by atoms with van der Waals surface area (Å²) >= 11 is 0. The van der Waals surface area contributed by atoms with Gasteiger partial charge in [-0.15, -0.1) is 0 Å². The fraction of sp³-hybridized carbons (Fsp3) is 0.250. The van der Waals surface area contributed by atoms with Crippen molar-refractivity contribution in [3.05, 3.63) is 71.3 Å². The maximum atomic E-state index is 5.84. The number of aryl methyl sites for hydroxylation is 1. The maximum Gasteiger partial charge on any atom is 0.0447 e. The lowest BCUT2D eigenvalue weighted by Crippen LogP contribution is -2.27. The number of rotatable bonds is 5. The van der Waals surface area contributed by atoms with E-state index < -0.39 is 0 Å². The van der Waals surface area contributed by atoms with E-state index in [9.17, 15) is 0 Å². The van der Waals surface area contributed by atoms with Crippen LogP contribution in [-0.4, -0.2) is 6.54 Å². The van der Waals surface area contributed by atoms with Crippen LogP contribution in [0.25, 0.3) is 0 Å². The zero-order chi connectivity index (χ0) is 12.8.